The first-order valence-corrected chi connectivity index (χ1v) is 10.4. The molecule has 0 radical (unpaired) electrons. The second-order valence-electron chi connectivity index (χ2n) is 7.81. The number of Topliss-reactive ketones (excluding diaryl/α,β-unsaturated/α-hetero) is 1. The van der Waals surface area contributed by atoms with Crippen molar-refractivity contribution in [2.45, 2.75) is 24.8 Å². The number of hydrogen-bond acceptors (Lipinski definition) is 4. The van der Waals surface area contributed by atoms with Crippen LogP contribution in [0.4, 0.5) is 5.95 Å². The average molecular weight is 416 g/mol. The van der Waals surface area contributed by atoms with Gasteiger partial charge < -0.3 is 9.73 Å². The summed E-state index contributed by atoms with van der Waals surface area (Å²) in [6, 6.07) is 19.3. The molecule has 1 aliphatic heterocycles. The molecule has 4 aromatic rings. The maximum Gasteiger partial charge on any atom is 0.209 e. The Bertz CT molecular complexity index is 1320. The van der Waals surface area contributed by atoms with Gasteiger partial charge in [0.2, 0.25) is 5.95 Å². The third kappa shape index (κ3) is 2.62. The molecule has 2 aliphatic rings. The normalized spacial score (nSPS) is 20.8. The van der Waals surface area contributed by atoms with Crippen LogP contribution in [-0.2, 0) is 4.79 Å². The molecule has 0 saturated carbocycles. The van der Waals surface area contributed by atoms with E-state index >= 15 is 0 Å². The van der Waals surface area contributed by atoms with Crippen molar-refractivity contribution in [3.05, 3.63) is 94.5 Å². The van der Waals surface area contributed by atoms with Crippen LogP contribution >= 0.6 is 11.6 Å². The molecular weight excluding hydrogens is 398 g/mol. The number of ketones is 1. The molecule has 0 spiro atoms. The molecule has 148 valence electrons. The molecule has 2 aromatic carbocycles. The maximum atomic E-state index is 13.5. The highest BCUT2D eigenvalue weighted by molar-refractivity contribution is 6.30. The van der Waals surface area contributed by atoms with Gasteiger partial charge in [0, 0.05) is 28.6 Å². The summed E-state index contributed by atoms with van der Waals surface area (Å²) in [5.74, 6) is 1.73. The van der Waals surface area contributed by atoms with Gasteiger partial charge >= 0.3 is 0 Å². The average Bonchev–Trinajstić information content (AvgIpc) is 3.40. The van der Waals surface area contributed by atoms with Crippen LogP contribution in [0, 0.1) is 0 Å². The molecule has 2 atom stereocenters. The number of allylic oxidation sites excluding steroid dienone is 2. The first-order valence-electron chi connectivity index (χ1n) is 9.98. The van der Waals surface area contributed by atoms with E-state index in [-0.39, 0.29) is 17.7 Å². The molecule has 5 nitrogen and oxygen atoms in total. The number of para-hydroxylation sites is 2. The predicted molar refractivity (Wildman–Crippen MR) is 116 cm³/mol. The molecule has 0 unspecified atom stereocenters. The Labute approximate surface area is 178 Å². The topological polar surface area (TPSA) is 60.1 Å². The molecule has 6 heteroatoms. The van der Waals surface area contributed by atoms with Crippen LogP contribution in [-0.4, -0.2) is 15.3 Å². The molecule has 30 heavy (non-hydrogen) atoms. The standard InChI is InChI=1S/C24H18ClN3O2/c25-16-6-3-5-14(11-16)23-22-18(12-15(13-20(22)29)21-9-4-10-30-21)27-24-26-17-7-1-2-8-19(17)28(23)24/h1-11,15,23H,12-13H2,(H,26,27)/t15-,23-/m1/s1. The fourth-order valence-corrected chi connectivity index (χ4v) is 4.94. The van der Waals surface area contributed by atoms with Gasteiger partial charge in [-0.3, -0.25) is 9.36 Å². The number of hydrogen-bond donors (Lipinski definition) is 1. The van der Waals surface area contributed by atoms with E-state index in [4.69, 9.17) is 21.0 Å². The van der Waals surface area contributed by atoms with Crippen molar-refractivity contribution in [2.75, 3.05) is 5.32 Å². The van der Waals surface area contributed by atoms with Crippen LogP contribution < -0.4 is 5.32 Å². The third-order valence-electron chi connectivity index (χ3n) is 6.01. The zero-order valence-electron chi connectivity index (χ0n) is 16.0. The van der Waals surface area contributed by atoms with Gasteiger partial charge in [0.1, 0.15) is 5.76 Å². The second-order valence-corrected chi connectivity index (χ2v) is 8.25. The largest absolute Gasteiger partial charge is 0.469 e. The summed E-state index contributed by atoms with van der Waals surface area (Å²) >= 11 is 6.33. The van der Waals surface area contributed by atoms with Crippen molar-refractivity contribution in [3.63, 3.8) is 0 Å². The minimum Gasteiger partial charge on any atom is -0.469 e. The Morgan fingerprint density at radius 1 is 1.07 bits per heavy atom. The van der Waals surface area contributed by atoms with Gasteiger partial charge in [0.15, 0.2) is 5.78 Å². The fraction of sp³-hybridized carbons (Fsp3) is 0.167. The Kier molecular flexibility index (Phi) is 3.86. The minimum absolute atomic E-state index is 0.0229. The highest BCUT2D eigenvalue weighted by Crippen LogP contribution is 2.46. The van der Waals surface area contributed by atoms with Crippen molar-refractivity contribution in [2.24, 2.45) is 0 Å². The number of anilines is 1. The van der Waals surface area contributed by atoms with E-state index in [1.54, 1.807) is 6.26 Å². The number of carbonyl (C=O) groups excluding carboxylic acids is 1. The lowest BCUT2D eigenvalue weighted by molar-refractivity contribution is -0.116. The van der Waals surface area contributed by atoms with E-state index in [1.807, 2.05) is 60.7 Å². The van der Waals surface area contributed by atoms with Gasteiger partial charge in [0.05, 0.1) is 23.3 Å². The Hall–Kier alpha value is -3.31. The summed E-state index contributed by atoms with van der Waals surface area (Å²) < 4.78 is 7.72. The first-order chi connectivity index (χ1) is 14.7. The molecule has 0 bridgehead atoms. The van der Waals surface area contributed by atoms with Crippen LogP contribution in [0.25, 0.3) is 11.0 Å². The monoisotopic (exact) mass is 415 g/mol. The van der Waals surface area contributed by atoms with Crippen molar-refractivity contribution in [1.82, 2.24) is 9.55 Å². The Morgan fingerprint density at radius 3 is 2.80 bits per heavy atom. The summed E-state index contributed by atoms with van der Waals surface area (Å²) in [6.45, 7) is 0. The Balaban J connectivity index is 1.56. The zero-order chi connectivity index (χ0) is 20.2. The summed E-state index contributed by atoms with van der Waals surface area (Å²) in [6.07, 6.45) is 2.79. The molecule has 0 fully saturated rings. The maximum absolute atomic E-state index is 13.5. The lowest BCUT2D eigenvalue weighted by atomic mass is 9.79. The van der Waals surface area contributed by atoms with Gasteiger partial charge in [-0.2, -0.15) is 0 Å². The number of carbonyl (C=O) groups is 1. The van der Waals surface area contributed by atoms with Gasteiger partial charge in [-0.1, -0.05) is 35.9 Å². The van der Waals surface area contributed by atoms with Gasteiger partial charge in [-0.25, -0.2) is 4.98 Å². The molecule has 2 aromatic heterocycles. The number of nitrogens with zero attached hydrogens (tertiary/aromatic N) is 2. The van der Waals surface area contributed by atoms with E-state index in [1.165, 1.54) is 0 Å². The van der Waals surface area contributed by atoms with Crippen LogP contribution in [0.1, 0.15) is 36.1 Å². The van der Waals surface area contributed by atoms with Crippen LogP contribution in [0.15, 0.2) is 82.6 Å². The highest BCUT2D eigenvalue weighted by atomic mass is 35.5. The van der Waals surface area contributed by atoms with Crippen LogP contribution in [0.2, 0.25) is 5.02 Å². The molecule has 6 rings (SSSR count). The van der Waals surface area contributed by atoms with E-state index < -0.39 is 0 Å². The lowest BCUT2D eigenvalue weighted by Crippen LogP contribution is -2.33. The number of rotatable bonds is 2. The van der Waals surface area contributed by atoms with E-state index in [0.29, 0.717) is 17.9 Å². The van der Waals surface area contributed by atoms with Crippen molar-refractivity contribution in [3.8, 4) is 0 Å². The van der Waals surface area contributed by atoms with E-state index in [0.717, 1.165) is 39.6 Å². The highest BCUT2D eigenvalue weighted by Gasteiger charge is 2.40. The number of aromatic nitrogens is 2. The predicted octanol–water partition coefficient (Wildman–Crippen LogP) is 5.70. The van der Waals surface area contributed by atoms with Crippen LogP contribution in [0.3, 0.4) is 0 Å². The number of furan rings is 1. The van der Waals surface area contributed by atoms with E-state index in [2.05, 4.69) is 9.88 Å². The lowest BCUT2D eigenvalue weighted by Gasteiger charge is -2.36. The number of imidazole rings is 1. The number of halogens is 1. The minimum atomic E-state index is -0.271. The molecule has 0 saturated heterocycles. The molecule has 1 aliphatic carbocycles. The second kappa shape index (κ2) is 6.61. The third-order valence-corrected chi connectivity index (χ3v) is 6.24. The molecule has 3 heterocycles. The fourth-order valence-electron chi connectivity index (χ4n) is 4.74. The summed E-state index contributed by atoms with van der Waals surface area (Å²) in [4.78, 5) is 18.3. The molecule has 1 N–H and O–H groups in total. The Morgan fingerprint density at radius 2 is 1.97 bits per heavy atom. The van der Waals surface area contributed by atoms with Gasteiger partial charge in [0.25, 0.3) is 0 Å². The summed E-state index contributed by atoms with van der Waals surface area (Å²) in [5.41, 5.74) is 4.56. The molecule has 0 amide bonds. The molecular formula is C24H18ClN3O2. The zero-order valence-corrected chi connectivity index (χ0v) is 16.8. The number of fused-ring (bicyclic) bond motifs is 3. The number of nitrogens with one attached hydrogen (secondary N) is 1. The smallest absolute Gasteiger partial charge is 0.209 e. The quantitative estimate of drug-likeness (QED) is 0.456. The van der Waals surface area contributed by atoms with Crippen LogP contribution in [0.5, 0.6) is 0 Å². The summed E-state index contributed by atoms with van der Waals surface area (Å²) in [7, 11) is 0. The number of benzene rings is 2. The summed E-state index contributed by atoms with van der Waals surface area (Å²) in [5, 5.41) is 4.11. The first kappa shape index (κ1) is 17.5. The van der Waals surface area contributed by atoms with Gasteiger partial charge in [-0.05, 0) is 48.4 Å². The SMILES string of the molecule is O=C1C[C@H](c2ccco2)CC2=C1[C@@H](c1cccc(Cl)c1)n1c(nc3ccccc31)N2. The van der Waals surface area contributed by atoms with Crippen molar-refractivity contribution >= 4 is 34.4 Å². The van der Waals surface area contributed by atoms with Gasteiger partial charge in [-0.15, -0.1) is 0 Å². The van der Waals surface area contributed by atoms with E-state index in [9.17, 15) is 4.79 Å². The van der Waals surface area contributed by atoms with Crippen molar-refractivity contribution < 1.29 is 9.21 Å². The van der Waals surface area contributed by atoms with Crippen molar-refractivity contribution in [1.29, 1.82) is 0 Å².